The number of hydrogen-bond acceptors (Lipinski definition) is 2. The summed E-state index contributed by atoms with van der Waals surface area (Å²) in [4.78, 5) is 2.36. The molecule has 1 heterocycles. The van der Waals surface area contributed by atoms with Gasteiger partial charge >= 0.3 is 0 Å². The molecule has 9 aromatic rings. The summed E-state index contributed by atoms with van der Waals surface area (Å²) in [6.07, 6.45) is 0. The van der Waals surface area contributed by atoms with Gasteiger partial charge in [0.2, 0.25) is 0 Å². The van der Waals surface area contributed by atoms with Gasteiger partial charge in [0.1, 0.15) is 0 Å². The summed E-state index contributed by atoms with van der Waals surface area (Å²) in [6, 6.07) is 63.9. The van der Waals surface area contributed by atoms with E-state index in [1.165, 1.54) is 64.0 Å². The standard InChI is InChI=1S/C44H29NS/c1-2-9-30(10-3-1)35-14-8-15-38(27-35)45(39-24-19-31-11-4-5-13-34(31)28-39)37-22-17-32(18-23-37)36-21-25-41-42-26-20-33-12-6-7-16-40(33)44(42)46-43(41)29-36/h1-29H. The Morgan fingerprint density at radius 1 is 0.326 bits per heavy atom. The van der Waals surface area contributed by atoms with Crippen molar-refractivity contribution in [1.29, 1.82) is 0 Å². The Bertz CT molecular complexity index is 2530. The molecule has 9 rings (SSSR count). The van der Waals surface area contributed by atoms with Crippen molar-refractivity contribution < 1.29 is 0 Å². The van der Waals surface area contributed by atoms with Crippen molar-refractivity contribution in [1.82, 2.24) is 0 Å². The highest BCUT2D eigenvalue weighted by Gasteiger charge is 2.15. The average molecular weight is 604 g/mol. The van der Waals surface area contributed by atoms with E-state index in [0.717, 1.165) is 17.1 Å². The minimum Gasteiger partial charge on any atom is -0.310 e. The molecule has 0 unspecified atom stereocenters. The highest BCUT2D eigenvalue weighted by atomic mass is 32.1. The van der Waals surface area contributed by atoms with Gasteiger partial charge in [-0.05, 0) is 86.3 Å². The summed E-state index contributed by atoms with van der Waals surface area (Å²) in [5, 5.41) is 7.76. The van der Waals surface area contributed by atoms with Gasteiger partial charge in [0.15, 0.2) is 0 Å². The van der Waals surface area contributed by atoms with Gasteiger partial charge in [0, 0.05) is 37.2 Å². The van der Waals surface area contributed by atoms with Crippen LogP contribution in [0.4, 0.5) is 17.1 Å². The van der Waals surface area contributed by atoms with Crippen molar-refractivity contribution in [2.24, 2.45) is 0 Å². The molecule has 0 bridgehead atoms. The summed E-state index contributed by atoms with van der Waals surface area (Å²) in [5.74, 6) is 0. The Kier molecular flexibility index (Phi) is 6.40. The average Bonchev–Trinajstić information content (AvgIpc) is 3.51. The van der Waals surface area contributed by atoms with Crippen LogP contribution in [0.5, 0.6) is 0 Å². The molecule has 1 nitrogen and oxygen atoms in total. The lowest BCUT2D eigenvalue weighted by Crippen LogP contribution is -2.10. The quantitative estimate of drug-likeness (QED) is 0.189. The van der Waals surface area contributed by atoms with Crippen molar-refractivity contribution in [2.75, 3.05) is 4.90 Å². The summed E-state index contributed by atoms with van der Waals surface area (Å²) >= 11 is 1.89. The first kappa shape index (κ1) is 26.7. The molecular weight excluding hydrogens is 575 g/mol. The van der Waals surface area contributed by atoms with Crippen LogP contribution in [-0.4, -0.2) is 0 Å². The van der Waals surface area contributed by atoms with Gasteiger partial charge in [0.25, 0.3) is 0 Å². The largest absolute Gasteiger partial charge is 0.310 e. The van der Waals surface area contributed by atoms with E-state index in [9.17, 15) is 0 Å². The molecule has 0 N–H and O–H groups in total. The number of benzene rings is 8. The van der Waals surface area contributed by atoms with Crippen molar-refractivity contribution in [3.8, 4) is 22.3 Å². The van der Waals surface area contributed by atoms with Crippen LogP contribution in [0.3, 0.4) is 0 Å². The maximum Gasteiger partial charge on any atom is 0.0468 e. The normalized spacial score (nSPS) is 11.5. The maximum atomic E-state index is 2.36. The predicted molar refractivity (Wildman–Crippen MR) is 200 cm³/mol. The molecule has 0 aliphatic heterocycles. The molecular formula is C44H29NS. The van der Waals surface area contributed by atoms with Gasteiger partial charge < -0.3 is 4.90 Å². The second-order valence-corrected chi connectivity index (χ2v) is 12.9. The minimum absolute atomic E-state index is 1.12. The lowest BCUT2D eigenvalue weighted by atomic mass is 10.0. The Morgan fingerprint density at radius 3 is 1.80 bits per heavy atom. The molecule has 0 saturated heterocycles. The smallest absolute Gasteiger partial charge is 0.0468 e. The van der Waals surface area contributed by atoms with E-state index < -0.39 is 0 Å². The molecule has 1 aromatic heterocycles. The van der Waals surface area contributed by atoms with Crippen LogP contribution in [0.15, 0.2) is 176 Å². The maximum absolute atomic E-state index is 2.36. The van der Waals surface area contributed by atoms with Crippen molar-refractivity contribution >= 4 is 70.1 Å². The third-order valence-electron chi connectivity index (χ3n) is 9.02. The van der Waals surface area contributed by atoms with Gasteiger partial charge in [0.05, 0.1) is 0 Å². The Hall–Kier alpha value is -5.70. The third-order valence-corrected chi connectivity index (χ3v) is 10.2. The topological polar surface area (TPSA) is 3.24 Å². The van der Waals surface area contributed by atoms with E-state index in [1.54, 1.807) is 0 Å². The van der Waals surface area contributed by atoms with Crippen LogP contribution in [0.2, 0.25) is 0 Å². The second kappa shape index (κ2) is 11.0. The van der Waals surface area contributed by atoms with E-state index in [1.807, 2.05) is 11.3 Å². The van der Waals surface area contributed by atoms with Crippen molar-refractivity contribution in [2.45, 2.75) is 0 Å². The number of nitrogens with zero attached hydrogens (tertiary/aromatic N) is 1. The highest BCUT2D eigenvalue weighted by molar-refractivity contribution is 7.26. The fourth-order valence-electron chi connectivity index (χ4n) is 6.70. The number of fused-ring (bicyclic) bond motifs is 6. The molecule has 2 heteroatoms. The molecule has 0 saturated carbocycles. The van der Waals surface area contributed by atoms with Gasteiger partial charge in [-0.25, -0.2) is 0 Å². The zero-order valence-corrected chi connectivity index (χ0v) is 25.9. The fourth-order valence-corrected chi connectivity index (χ4v) is 7.98. The van der Waals surface area contributed by atoms with Crippen LogP contribution in [0.25, 0.3) is 64.0 Å². The lowest BCUT2D eigenvalue weighted by molar-refractivity contribution is 1.29. The number of anilines is 3. The third kappa shape index (κ3) is 4.63. The molecule has 0 aliphatic carbocycles. The van der Waals surface area contributed by atoms with Crippen LogP contribution in [0.1, 0.15) is 0 Å². The molecule has 216 valence electrons. The Morgan fingerprint density at radius 2 is 0.935 bits per heavy atom. The molecule has 46 heavy (non-hydrogen) atoms. The van der Waals surface area contributed by atoms with E-state index in [0.29, 0.717) is 0 Å². The lowest BCUT2D eigenvalue weighted by Gasteiger charge is -2.26. The van der Waals surface area contributed by atoms with Crippen LogP contribution < -0.4 is 4.90 Å². The first-order chi connectivity index (χ1) is 22.8. The zero-order chi connectivity index (χ0) is 30.5. The summed E-state index contributed by atoms with van der Waals surface area (Å²) in [5.41, 5.74) is 8.24. The predicted octanol–water partition coefficient (Wildman–Crippen LogP) is 13.2. The Labute approximate surface area is 272 Å². The molecule has 0 atom stereocenters. The summed E-state index contributed by atoms with van der Waals surface area (Å²) in [7, 11) is 0. The summed E-state index contributed by atoms with van der Waals surface area (Å²) < 4.78 is 2.69. The van der Waals surface area contributed by atoms with Crippen LogP contribution >= 0.6 is 11.3 Å². The fraction of sp³-hybridized carbons (Fsp3) is 0. The molecule has 0 aliphatic rings. The number of rotatable bonds is 5. The van der Waals surface area contributed by atoms with E-state index in [2.05, 4.69) is 181 Å². The van der Waals surface area contributed by atoms with E-state index >= 15 is 0 Å². The molecule has 0 amide bonds. The second-order valence-electron chi connectivity index (χ2n) is 11.8. The minimum atomic E-state index is 1.12. The molecule has 0 fully saturated rings. The van der Waals surface area contributed by atoms with Crippen LogP contribution in [0, 0.1) is 0 Å². The monoisotopic (exact) mass is 603 g/mol. The van der Waals surface area contributed by atoms with Gasteiger partial charge in [-0.2, -0.15) is 0 Å². The van der Waals surface area contributed by atoms with Crippen LogP contribution in [-0.2, 0) is 0 Å². The molecule has 0 spiro atoms. The first-order valence-electron chi connectivity index (χ1n) is 15.7. The zero-order valence-electron chi connectivity index (χ0n) is 25.1. The number of thiophene rings is 1. The van der Waals surface area contributed by atoms with Gasteiger partial charge in [-0.1, -0.05) is 133 Å². The van der Waals surface area contributed by atoms with E-state index in [-0.39, 0.29) is 0 Å². The SMILES string of the molecule is c1ccc(-c2cccc(N(c3ccc(-c4ccc5c(c4)sc4c6ccccc6ccc54)cc3)c3ccc4ccccc4c3)c2)cc1. The highest BCUT2D eigenvalue weighted by Crippen LogP contribution is 2.41. The molecule has 8 aromatic carbocycles. The van der Waals surface area contributed by atoms with Gasteiger partial charge in [-0.3, -0.25) is 0 Å². The molecule has 0 radical (unpaired) electrons. The number of hydrogen-bond donors (Lipinski definition) is 0. The first-order valence-corrected chi connectivity index (χ1v) is 16.5. The van der Waals surface area contributed by atoms with Gasteiger partial charge in [-0.15, -0.1) is 11.3 Å². The van der Waals surface area contributed by atoms with E-state index in [4.69, 9.17) is 0 Å². The Balaban J connectivity index is 1.13. The van der Waals surface area contributed by atoms with Crippen molar-refractivity contribution in [3.63, 3.8) is 0 Å². The summed E-state index contributed by atoms with van der Waals surface area (Å²) in [6.45, 7) is 0. The van der Waals surface area contributed by atoms with Crippen molar-refractivity contribution in [3.05, 3.63) is 176 Å².